The van der Waals surface area contributed by atoms with Crippen LogP contribution in [-0.4, -0.2) is 35.8 Å². The Hall–Kier alpha value is -2.93. The normalized spacial score (nSPS) is 14.6. The Morgan fingerprint density at radius 1 is 1.12 bits per heavy atom. The summed E-state index contributed by atoms with van der Waals surface area (Å²) in [7, 11) is 0. The third-order valence-electron chi connectivity index (χ3n) is 5.86. The smallest absolute Gasteiger partial charge is 0.262 e. The number of nitrogens with one attached hydrogen (secondary N) is 1. The fourth-order valence-electron chi connectivity index (χ4n) is 4.16. The molecule has 1 fully saturated rings. The highest BCUT2D eigenvalue weighted by Gasteiger charge is 2.27. The van der Waals surface area contributed by atoms with Crippen molar-refractivity contribution in [1.82, 2.24) is 10.2 Å². The molecule has 0 radical (unpaired) electrons. The van der Waals surface area contributed by atoms with Gasteiger partial charge in [-0.15, -0.1) is 11.3 Å². The maximum atomic E-state index is 14.7. The number of hydrogen-bond donors (Lipinski definition) is 1. The van der Waals surface area contributed by atoms with E-state index in [0.717, 1.165) is 4.70 Å². The fourth-order valence-corrected chi connectivity index (χ4v) is 5.29. The van der Waals surface area contributed by atoms with Crippen molar-refractivity contribution < 1.29 is 18.7 Å². The lowest BCUT2D eigenvalue weighted by atomic mass is 10.0. The average molecular weight is 469 g/mol. The largest absolute Gasteiger partial charge is 0.489 e. The van der Waals surface area contributed by atoms with Gasteiger partial charge in [0.1, 0.15) is 18.2 Å². The minimum atomic E-state index is -0.355. The van der Waals surface area contributed by atoms with Crippen molar-refractivity contribution in [2.24, 2.45) is 5.92 Å². The number of hydrogen-bond acceptors (Lipinski definition) is 4. The van der Waals surface area contributed by atoms with Crippen molar-refractivity contribution in [1.29, 1.82) is 0 Å². The van der Waals surface area contributed by atoms with Gasteiger partial charge in [0.15, 0.2) is 0 Å². The number of nitrogens with zero attached hydrogens (tertiary/aromatic N) is 1. The zero-order chi connectivity index (χ0) is 23.4. The van der Waals surface area contributed by atoms with Gasteiger partial charge in [0.05, 0.1) is 4.88 Å². The van der Waals surface area contributed by atoms with Crippen LogP contribution in [0.5, 0.6) is 5.75 Å². The summed E-state index contributed by atoms with van der Waals surface area (Å²) in [6.07, 6.45) is 1.98. The van der Waals surface area contributed by atoms with Gasteiger partial charge in [-0.3, -0.25) is 9.59 Å². The Balaban J connectivity index is 1.48. The molecule has 0 saturated carbocycles. The molecular formula is C26H29FN2O3S. The lowest BCUT2D eigenvalue weighted by Crippen LogP contribution is -2.46. The van der Waals surface area contributed by atoms with Crippen LogP contribution in [0.3, 0.4) is 0 Å². The lowest BCUT2D eigenvalue weighted by molar-refractivity contribution is -0.133. The van der Waals surface area contributed by atoms with Crippen LogP contribution in [0.15, 0.2) is 48.5 Å². The number of carbonyl (C=O) groups is 2. The summed E-state index contributed by atoms with van der Waals surface area (Å²) in [6, 6.07) is 14.2. The van der Waals surface area contributed by atoms with E-state index in [4.69, 9.17) is 4.74 Å². The molecule has 4 rings (SSSR count). The molecule has 1 aliphatic heterocycles. The van der Waals surface area contributed by atoms with Crippen LogP contribution in [0.25, 0.3) is 10.1 Å². The SMILES string of the molecule is CC(C)CC(=O)N1CCC(NC(=O)c2sc3cccc(F)c3c2COc2ccccc2)CC1. The summed E-state index contributed by atoms with van der Waals surface area (Å²) in [4.78, 5) is 27.9. The summed E-state index contributed by atoms with van der Waals surface area (Å²) >= 11 is 1.29. The number of amides is 2. The van der Waals surface area contributed by atoms with Gasteiger partial charge in [0.2, 0.25) is 5.91 Å². The van der Waals surface area contributed by atoms with Gasteiger partial charge in [-0.05, 0) is 43.0 Å². The number of para-hydroxylation sites is 1. The van der Waals surface area contributed by atoms with Crippen LogP contribution < -0.4 is 10.1 Å². The van der Waals surface area contributed by atoms with Gasteiger partial charge in [-0.2, -0.15) is 0 Å². The van der Waals surface area contributed by atoms with E-state index in [9.17, 15) is 14.0 Å². The zero-order valence-electron chi connectivity index (χ0n) is 19.0. The van der Waals surface area contributed by atoms with Crippen LogP contribution in [0, 0.1) is 11.7 Å². The van der Waals surface area contributed by atoms with Crippen LogP contribution in [0.1, 0.15) is 48.3 Å². The van der Waals surface area contributed by atoms with E-state index in [1.54, 1.807) is 6.07 Å². The molecule has 3 aromatic rings. The zero-order valence-corrected chi connectivity index (χ0v) is 19.8. The number of carbonyl (C=O) groups excluding carboxylic acids is 2. The number of rotatable bonds is 7. The van der Waals surface area contributed by atoms with E-state index in [1.165, 1.54) is 17.4 Å². The van der Waals surface area contributed by atoms with Crippen molar-refractivity contribution in [2.45, 2.75) is 45.8 Å². The van der Waals surface area contributed by atoms with Gasteiger partial charge in [0.25, 0.3) is 5.91 Å². The Labute approximate surface area is 197 Å². The highest BCUT2D eigenvalue weighted by Crippen LogP contribution is 2.34. The molecule has 0 bridgehead atoms. The van der Waals surface area contributed by atoms with Crippen molar-refractivity contribution in [3.05, 3.63) is 64.8 Å². The van der Waals surface area contributed by atoms with Crippen molar-refractivity contribution in [2.75, 3.05) is 13.1 Å². The molecule has 7 heteroatoms. The highest BCUT2D eigenvalue weighted by molar-refractivity contribution is 7.21. The second-order valence-corrected chi connectivity index (χ2v) is 9.90. The fraction of sp³-hybridized carbons (Fsp3) is 0.385. The summed E-state index contributed by atoms with van der Waals surface area (Å²) in [5, 5.41) is 3.55. The van der Waals surface area contributed by atoms with E-state index in [2.05, 4.69) is 5.32 Å². The number of ether oxygens (including phenoxy) is 1. The molecule has 5 nitrogen and oxygen atoms in total. The molecule has 0 aliphatic carbocycles. The van der Waals surface area contributed by atoms with Crippen molar-refractivity contribution >= 4 is 33.2 Å². The quantitative estimate of drug-likeness (QED) is 0.506. The number of thiophene rings is 1. The minimum Gasteiger partial charge on any atom is -0.489 e. The second-order valence-electron chi connectivity index (χ2n) is 8.85. The number of piperidine rings is 1. The second kappa shape index (κ2) is 10.3. The molecule has 0 unspecified atom stereocenters. The summed E-state index contributed by atoms with van der Waals surface area (Å²) < 4.78 is 21.3. The molecule has 1 saturated heterocycles. The van der Waals surface area contributed by atoms with E-state index < -0.39 is 0 Å². The third kappa shape index (κ3) is 5.53. The summed E-state index contributed by atoms with van der Waals surface area (Å²) in [5.74, 6) is 0.605. The first-order chi connectivity index (χ1) is 15.9. The predicted octanol–water partition coefficient (Wildman–Crippen LogP) is 5.39. The Kier molecular flexibility index (Phi) is 7.28. The lowest BCUT2D eigenvalue weighted by Gasteiger charge is -2.32. The van der Waals surface area contributed by atoms with E-state index in [1.807, 2.05) is 55.1 Å². The molecule has 2 heterocycles. The van der Waals surface area contributed by atoms with Crippen LogP contribution in [0.2, 0.25) is 0 Å². The van der Waals surface area contributed by atoms with Gasteiger partial charge in [-0.1, -0.05) is 38.1 Å². The standard InChI is InChI=1S/C26H29FN2O3S/c1-17(2)15-23(30)29-13-11-18(12-14-29)28-26(31)25-20(16-32-19-7-4-3-5-8-19)24-21(27)9-6-10-22(24)33-25/h3-10,17-18H,11-16H2,1-2H3,(H,28,31). The van der Waals surface area contributed by atoms with E-state index in [-0.39, 0.29) is 30.3 Å². The Morgan fingerprint density at radius 3 is 2.55 bits per heavy atom. The topological polar surface area (TPSA) is 58.6 Å². The number of fused-ring (bicyclic) bond motifs is 1. The number of halogens is 1. The first-order valence-corrected chi connectivity index (χ1v) is 12.2. The van der Waals surface area contributed by atoms with Crippen LogP contribution in [-0.2, 0) is 11.4 Å². The maximum Gasteiger partial charge on any atom is 0.262 e. The molecule has 33 heavy (non-hydrogen) atoms. The minimum absolute atomic E-state index is 0.0152. The first-order valence-electron chi connectivity index (χ1n) is 11.4. The van der Waals surface area contributed by atoms with Gasteiger partial charge < -0.3 is 15.0 Å². The van der Waals surface area contributed by atoms with Gasteiger partial charge in [0, 0.05) is 41.2 Å². The predicted molar refractivity (Wildman–Crippen MR) is 129 cm³/mol. The van der Waals surface area contributed by atoms with Gasteiger partial charge in [-0.25, -0.2) is 4.39 Å². The molecule has 0 spiro atoms. The first kappa shape index (κ1) is 23.2. The molecular weight excluding hydrogens is 439 g/mol. The molecule has 2 aromatic carbocycles. The summed E-state index contributed by atoms with van der Waals surface area (Å²) in [5.41, 5.74) is 0.569. The van der Waals surface area contributed by atoms with E-state index in [0.29, 0.717) is 59.8 Å². The molecule has 1 N–H and O–H groups in total. The third-order valence-corrected chi connectivity index (χ3v) is 7.06. The van der Waals surface area contributed by atoms with Crippen LogP contribution in [0.4, 0.5) is 4.39 Å². The summed E-state index contributed by atoms with van der Waals surface area (Å²) in [6.45, 7) is 5.47. The maximum absolute atomic E-state index is 14.7. The van der Waals surface area contributed by atoms with Crippen molar-refractivity contribution in [3.8, 4) is 5.75 Å². The molecule has 0 atom stereocenters. The molecule has 1 aromatic heterocycles. The monoisotopic (exact) mass is 468 g/mol. The molecule has 174 valence electrons. The average Bonchev–Trinajstić information content (AvgIpc) is 3.18. The molecule has 2 amide bonds. The Morgan fingerprint density at radius 2 is 1.85 bits per heavy atom. The Bertz CT molecular complexity index is 1120. The highest BCUT2D eigenvalue weighted by atomic mass is 32.1. The van der Waals surface area contributed by atoms with E-state index >= 15 is 0 Å². The molecule has 1 aliphatic rings. The van der Waals surface area contributed by atoms with Crippen molar-refractivity contribution in [3.63, 3.8) is 0 Å². The van der Waals surface area contributed by atoms with Gasteiger partial charge >= 0.3 is 0 Å². The van der Waals surface area contributed by atoms with Crippen LogP contribution >= 0.6 is 11.3 Å². The number of benzene rings is 2. The number of likely N-dealkylation sites (tertiary alicyclic amines) is 1.